The van der Waals surface area contributed by atoms with Gasteiger partial charge >= 0.3 is 0 Å². The summed E-state index contributed by atoms with van der Waals surface area (Å²) < 4.78 is 4.92. The maximum Gasteiger partial charge on any atom is 0.0715 e. The summed E-state index contributed by atoms with van der Waals surface area (Å²) in [6.45, 7) is 0.794. The molecule has 0 aliphatic heterocycles. The molecule has 0 saturated carbocycles. The van der Waals surface area contributed by atoms with Gasteiger partial charge < -0.3 is 9.84 Å². The average molecular weight is 170 g/mol. The van der Waals surface area contributed by atoms with Crippen molar-refractivity contribution in [3.8, 4) is 0 Å². The number of aromatic nitrogens is 2. The Kier molecular flexibility index (Phi) is 3.76. The van der Waals surface area contributed by atoms with Crippen LogP contribution in [-0.4, -0.2) is 29.0 Å². The van der Waals surface area contributed by atoms with Gasteiger partial charge in [0.25, 0.3) is 0 Å². The lowest BCUT2D eigenvalue weighted by Gasteiger charge is -1.99. The maximum absolute atomic E-state index is 8.87. The first-order valence-electron chi connectivity index (χ1n) is 3.99. The molecule has 0 aromatic carbocycles. The Bertz CT molecular complexity index is 223. The Hall–Kier alpha value is -0.870. The van der Waals surface area contributed by atoms with E-state index in [0.717, 1.165) is 30.7 Å². The molecule has 12 heavy (non-hydrogen) atoms. The zero-order valence-corrected chi connectivity index (χ0v) is 7.21. The highest BCUT2D eigenvalue weighted by Gasteiger charge is 2.02. The van der Waals surface area contributed by atoms with Gasteiger partial charge in [0.05, 0.1) is 12.8 Å². The lowest BCUT2D eigenvalue weighted by Crippen LogP contribution is -1.96. The number of ether oxygens (including phenoxy) is 1. The molecule has 0 aliphatic rings. The van der Waals surface area contributed by atoms with Crippen LogP contribution in [0.3, 0.4) is 0 Å². The molecule has 4 heteroatoms. The first kappa shape index (κ1) is 9.22. The zero-order chi connectivity index (χ0) is 8.81. The summed E-state index contributed by atoms with van der Waals surface area (Å²) in [5.41, 5.74) is 1.89. The minimum atomic E-state index is 0.0544. The van der Waals surface area contributed by atoms with Crippen LogP contribution in [0.15, 0.2) is 6.20 Å². The molecule has 0 radical (unpaired) electrons. The molecular weight excluding hydrogens is 156 g/mol. The first-order chi connectivity index (χ1) is 5.88. The number of nitrogens with one attached hydrogen (secondary N) is 1. The van der Waals surface area contributed by atoms with Crippen molar-refractivity contribution in [1.82, 2.24) is 10.2 Å². The van der Waals surface area contributed by atoms with Crippen molar-refractivity contribution in [2.24, 2.45) is 0 Å². The lowest BCUT2D eigenvalue weighted by atomic mass is 10.2. The number of rotatable bonds is 5. The summed E-state index contributed by atoms with van der Waals surface area (Å²) in [5, 5.41) is 15.6. The van der Waals surface area contributed by atoms with Gasteiger partial charge in [-0.3, -0.25) is 5.10 Å². The molecule has 4 nitrogen and oxygen atoms in total. The van der Waals surface area contributed by atoms with Crippen LogP contribution in [0.1, 0.15) is 17.7 Å². The zero-order valence-electron chi connectivity index (χ0n) is 7.21. The summed E-state index contributed by atoms with van der Waals surface area (Å²) in [4.78, 5) is 0. The van der Waals surface area contributed by atoms with Gasteiger partial charge in [-0.1, -0.05) is 0 Å². The van der Waals surface area contributed by atoms with E-state index < -0.39 is 0 Å². The standard InChI is InChI=1S/C8H14N2O2/c1-12-4-2-3-8-7(6-11)5-9-10-8/h5,11H,2-4,6H2,1H3,(H,9,10). The summed E-state index contributed by atoms with van der Waals surface area (Å²) in [6, 6.07) is 0. The number of nitrogens with zero attached hydrogens (tertiary/aromatic N) is 1. The van der Waals surface area contributed by atoms with E-state index in [2.05, 4.69) is 10.2 Å². The topological polar surface area (TPSA) is 58.1 Å². The van der Waals surface area contributed by atoms with Gasteiger partial charge in [0.2, 0.25) is 0 Å². The molecule has 0 amide bonds. The summed E-state index contributed by atoms with van der Waals surface area (Å²) in [7, 11) is 1.68. The molecule has 0 fully saturated rings. The SMILES string of the molecule is COCCCc1[nH]ncc1CO. The van der Waals surface area contributed by atoms with E-state index in [0.29, 0.717) is 0 Å². The second-order valence-electron chi connectivity index (χ2n) is 2.63. The predicted molar refractivity (Wildman–Crippen MR) is 44.7 cm³/mol. The summed E-state index contributed by atoms with van der Waals surface area (Å²) >= 11 is 0. The fourth-order valence-corrected chi connectivity index (χ4v) is 1.08. The van der Waals surface area contributed by atoms with Crippen LogP contribution in [0, 0.1) is 0 Å². The van der Waals surface area contributed by atoms with E-state index in [1.54, 1.807) is 13.3 Å². The van der Waals surface area contributed by atoms with Gasteiger partial charge in [-0.25, -0.2) is 0 Å². The van der Waals surface area contributed by atoms with Crippen molar-refractivity contribution in [1.29, 1.82) is 0 Å². The Balaban J connectivity index is 2.39. The van der Waals surface area contributed by atoms with Crippen LogP contribution in [0.25, 0.3) is 0 Å². The number of hydrogen-bond acceptors (Lipinski definition) is 3. The third-order valence-electron chi connectivity index (χ3n) is 1.75. The van der Waals surface area contributed by atoms with E-state index in [1.165, 1.54) is 0 Å². The number of methoxy groups -OCH3 is 1. The average Bonchev–Trinajstić information content (AvgIpc) is 2.52. The normalized spacial score (nSPS) is 10.5. The molecule has 68 valence electrons. The molecule has 1 heterocycles. The Labute approximate surface area is 71.6 Å². The van der Waals surface area contributed by atoms with Gasteiger partial charge in [0.1, 0.15) is 0 Å². The number of aromatic amines is 1. The van der Waals surface area contributed by atoms with Gasteiger partial charge in [-0.05, 0) is 12.8 Å². The van der Waals surface area contributed by atoms with Crippen LogP contribution in [0.2, 0.25) is 0 Å². The fraction of sp³-hybridized carbons (Fsp3) is 0.625. The Morgan fingerprint density at radius 1 is 1.67 bits per heavy atom. The van der Waals surface area contributed by atoms with Crippen LogP contribution in [0.5, 0.6) is 0 Å². The molecule has 0 atom stereocenters. The van der Waals surface area contributed by atoms with Crippen molar-refractivity contribution in [2.45, 2.75) is 19.4 Å². The molecule has 1 aromatic heterocycles. The number of hydrogen-bond donors (Lipinski definition) is 2. The predicted octanol–water partition coefficient (Wildman–Crippen LogP) is 0.481. The molecule has 0 unspecified atom stereocenters. The molecule has 0 aliphatic carbocycles. The highest BCUT2D eigenvalue weighted by molar-refractivity contribution is 5.14. The van der Waals surface area contributed by atoms with E-state index >= 15 is 0 Å². The molecule has 1 rings (SSSR count). The minimum Gasteiger partial charge on any atom is -0.392 e. The fourth-order valence-electron chi connectivity index (χ4n) is 1.08. The molecule has 0 bridgehead atoms. The highest BCUT2D eigenvalue weighted by atomic mass is 16.5. The van der Waals surface area contributed by atoms with Crippen molar-refractivity contribution in [3.63, 3.8) is 0 Å². The molecule has 2 N–H and O–H groups in total. The van der Waals surface area contributed by atoms with Crippen molar-refractivity contribution < 1.29 is 9.84 Å². The molecule has 0 saturated heterocycles. The molecular formula is C8H14N2O2. The van der Waals surface area contributed by atoms with Gasteiger partial charge in [-0.15, -0.1) is 0 Å². The molecule has 1 aromatic rings. The van der Waals surface area contributed by atoms with E-state index in [1.807, 2.05) is 0 Å². The largest absolute Gasteiger partial charge is 0.392 e. The van der Waals surface area contributed by atoms with Crippen LogP contribution in [-0.2, 0) is 17.8 Å². The van der Waals surface area contributed by atoms with E-state index in [4.69, 9.17) is 9.84 Å². The Morgan fingerprint density at radius 3 is 3.17 bits per heavy atom. The summed E-state index contributed by atoms with van der Waals surface area (Å²) in [6.07, 6.45) is 3.48. The van der Waals surface area contributed by atoms with Crippen LogP contribution >= 0.6 is 0 Å². The van der Waals surface area contributed by atoms with Crippen molar-refractivity contribution in [3.05, 3.63) is 17.5 Å². The van der Waals surface area contributed by atoms with Gasteiger partial charge in [-0.2, -0.15) is 5.10 Å². The quantitative estimate of drug-likeness (QED) is 0.632. The van der Waals surface area contributed by atoms with Gasteiger partial charge in [0.15, 0.2) is 0 Å². The number of aliphatic hydroxyl groups excluding tert-OH is 1. The second-order valence-corrected chi connectivity index (χ2v) is 2.63. The maximum atomic E-state index is 8.87. The number of aryl methyl sites for hydroxylation is 1. The lowest BCUT2D eigenvalue weighted by molar-refractivity contribution is 0.194. The monoisotopic (exact) mass is 170 g/mol. The highest BCUT2D eigenvalue weighted by Crippen LogP contribution is 2.06. The Morgan fingerprint density at radius 2 is 2.50 bits per heavy atom. The van der Waals surface area contributed by atoms with Crippen molar-refractivity contribution >= 4 is 0 Å². The number of H-pyrrole nitrogens is 1. The second kappa shape index (κ2) is 4.90. The van der Waals surface area contributed by atoms with Crippen LogP contribution in [0.4, 0.5) is 0 Å². The van der Waals surface area contributed by atoms with Crippen molar-refractivity contribution in [2.75, 3.05) is 13.7 Å². The molecule has 0 spiro atoms. The van der Waals surface area contributed by atoms with Crippen LogP contribution < -0.4 is 0 Å². The van der Waals surface area contributed by atoms with Gasteiger partial charge in [0, 0.05) is 25.0 Å². The van der Waals surface area contributed by atoms with E-state index in [9.17, 15) is 0 Å². The minimum absolute atomic E-state index is 0.0544. The third-order valence-corrected chi connectivity index (χ3v) is 1.75. The summed E-state index contributed by atoms with van der Waals surface area (Å²) in [5.74, 6) is 0. The van der Waals surface area contributed by atoms with E-state index in [-0.39, 0.29) is 6.61 Å². The smallest absolute Gasteiger partial charge is 0.0715 e. The number of aliphatic hydroxyl groups is 1. The first-order valence-corrected chi connectivity index (χ1v) is 3.99. The third kappa shape index (κ3) is 2.32.